The molecule has 0 saturated heterocycles. The predicted octanol–water partition coefficient (Wildman–Crippen LogP) is 0.837. The highest BCUT2D eigenvalue weighted by Crippen LogP contribution is 2.28. The van der Waals surface area contributed by atoms with Crippen LogP contribution in [-0.2, 0) is 4.74 Å². The highest BCUT2D eigenvalue weighted by atomic mass is 16.5. The first-order valence-electron chi connectivity index (χ1n) is 3.54. The van der Waals surface area contributed by atoms with Crippen LogP contribution in [0.4, 0.5) is 0 Å². The van der Waals surface area contributed by atoms with Crippen LogP contribution in [0.5, 0.6) is 0 Å². The summed E-state index contributed by atoms with van der Waals surface area (Å²) in [6, 6.07) is 0. The Bertz CT molecular complexity index is 193. The fourth-order valence-electron chi connectivity index (χ4n) is 1.42. The summed E-state index contributed by atoms with van der Waals surface area (Å²) in [5.74, 6) is 0.444. The van der Waals surface area contributed by atoms with Crippen LogP contribution in [-0.4, -0.2) is 17.8 Å². The molecule has 2 unspecified atom stereocenters. The van der Waals surface area contributed by atoms with Gasteiger partial charge in [0.2, 0.25) is 0 Å². The van der Waals surface area contributed by atoms with Crippen LogP contribution in [0.3, 0.4) is 0 Å². The lowest BCUT2D eigenvalue weighted by Gasteiger charge is -2.17. The van der Waals surface area contributed by atoms with Crippen molar-refractivity contribution in [2.24, 2.45) is 5.92 Å². The quantitative estimate of drug-likeness (QED) is 0.537. The molecule has 1 N–H and O–H groups in total. The summed E-state index contributed by atoms with van der Waals surface area (Å²) in [6.07, 6.45) is 6.11. The molecule has 2 rings (SSSR count). The van der Waals surface area contributed by atoms with Gasteiger partial charge >= 0.3 is 0 Å². The molecule has 0 fully saturated rings. The van der Waals surface area contributed by atoms with Crippen LogP contribution in [0.2, 0.25) is 0 Å². The smallest absolute Gasteiger partial charge is 0.0944 e. The Morgan fingerprint density at radius 3 is 3.40 bits per heavy atom. The van der Waals surface area contributed by atoms with Crippen molar-refractivity contribution in [1.82, 2.24) is 0 Å². The number of hydrogen-bond acceptors (Lipinski definition) is 2. The number of hydrogen-bond donors (Lipinski definition) is 1. The van der Waals surface area contributed by atoms with Crippen molar-refractivity contribution in [2.45, 2.75) is 12.5 Å². The van der Waals surface area contributed by atoms with Crippen LogP contribution in [0.1, 0.15) is 6.42 Å². The average molecular weight is 138 g/mol. The highest BCUT2D eigenvalue weighted by Gasteiger charge is 2.24. The maximum absolute atomic E-state index is 9.19. The Labute approximate surface area is 59.8 Å². The summed E-state index contributed by atoms with van der Waals surface area (Å²) >= 11 is 0. The van der Waals surface area contributed by atoms with Crippen molar-refractivity contribution in [1.29, 1.82) is 0 Å². The number of rotatable bonds is 0. The van der Waals surface area contributed by atoms with Gasteiger partial charge in [0, 0.05) is 5.92 Å². The third-order valence-corrected chi connectivity index (χ3v) is 2.03. The highest BCUT2D eigenvalue weighted by molar-refractivity contribution is 5.27. The van der Waals surface area contributed by atoms with Gasteiger partial charge in [0.25, 0.3) is 0 Å². The average Bonchev–Trinajstić information content (AvgIpc) is 2.33. The molecule has 0 bridgehead atoms. The van der Waals surface area contributed by atoms with Crippen LogP contribution in [0, 0.1) is 5.92 Å². The second kappa shape index (κ2) is 2.13. The van der Waals surface area contributed by atoms with E-state index in [-0.39, 0.29) is 6.10 Å². The first kappa shape index (κ1) is 5.98. The molecule has 2 heteroatoms. The molecule has 2 aliphatic rings. The number of aliphatic hydroxyl groups excluding tert-OH is 1. The Morgan fingerprint density at radius 1 is 1.60 bits per heavy atom. The Morgan fingerprint density at radius 2 is 2.50 bits per heavy atom. The molecule has 1 aliphatic heterocycles. The lowest BCUT2D eigenvalue weighted by Crippen LogP contribution is -2.17. The molecule has 0 saturated carbocycles. The van der Waals surface area contributed by atoms with Crippen molar-refractivity contribution in [2.75, 3.05) is 6.61 Å². The third-order valence-electron chi connectivity index (χ3n) is 2.03. The topological polar surface area (TPSA) is 29.5 Å². The molecule has 0 aromatic rings. The minimum absolute atomic E-state index is 0.260. The summed E-state index contributed by atoms with van der Waals surface area (Å²) in [5, 5.41) is 9.19. The van der Waals surface area contributed by atoms with E-state index in [1.165, 1.54) is 5.57 Å². The lowest BCUT2D eigenvalue weighted by atomic mass is 9.90. The van der Waals surface area contributed by atoms with Gasteiger partial charge in [-0.15, -0.1) is 0 Å². The molecule has 10 heavy (non-hydrogen) atoms. The van der Waals surface area contributed by atoms with Gasteiger partial charge in [-0.25, -0.2) is 0 Å². The normalized spacial score (nSPS) is 36.7. The van der Waals surface area contributed by atoms with E-state index in [4.69, 9.17) is 4.74 Å². The molecule has 1 aliphatic carbocycles. The molecule has 2 atom stereocenters. The van der Waals surface area contributed by atoms with E-state index in [2.05, 4.69) is 0 Å². The minimum atomic E-state index is -0.260. The van der Waals surface area contributed by atoms with Gasteiger partial charge in [0.1, 0.15) is 0 Å². The lowest BCUT2D eigenvalue weighted by molar-refractivity contribution is 0.167. The molecule has 54 valence electrons. The van der Waals surface area contributed by atoms with E-state index < -0.39 is 0 Å². The van der Waals surface area contributed by atoms with Gasteiger partial charge in [-0.1, -0.05) is 12.2 Å². The summed E-state index contributed by atoms with van der Waals surface area (Å²) < 4.78 is 5.12. The summed E-state index contributed by atoms with van der Waals surface area (Å²) in [5.41, 5.74) is 1.23. The predicted molar refractivity (Wildman–Crippen MR) is 37.3 cm³/mol. The SMILES string of the molecule is OC1C=CC2=COCC2C1. The van der Waals surface area contributed by atoms with Gasteiger partial charge in [-0.3, -0.25) is 0 Å². The van der Waals surface area contributed by atoms with E-state index in [0.717, 1.165) is 13.0 Å². The number of aliphatic hydroxyl groups is 1. The van der Waals surface area contributed by atoms with Gasteiger partial charge in [-0.05, 0) is 12.0 Å². The molecule has 0 aromatic heterocycles. The Balaban J connectivity index is 2.21. The standard InChI is InChI=1S/C8H10O2/c9-8-2-1-6-4-10-5-7(6)3-8/h1-2,4,7-9H,3,5H2. The van der Waals surface area contributed by atoms with Crippen molar-refractivity contribution in [3.05, 3.63) is 24.0 Å². The second-order valence-electron chi connectivity index (χ2n) is 2.81. The molecule has 2 nitrogen and oxygen atoms in total. The van der Waals surface area contributed by atoms with E-state index in [0.29, 0.717) is 5.92 Å². The van der Waals surface area contributed by atoms with E-state index in [1.54, 1.807) is 6.26 Å². The number of fused-ring (bicyclic) bond motifs is 1. The summed E-state index contributed by atoms with van der Waals surface area (Å²) in [7, 11) is 0. The molecular weight excluding hydrogens is 128 g/mol. The first-order chi connectivity index (χ1) is 4.86. The van der Waals surface area contributed by atoms with Crippen LogP contribution in [0.25, 0.3) is 0 Å². The van der Waals surface area contributed by atoms with Crippen molar-refractivity contribution < 1.29 is 9.84 Å². The van der Waals surface area contributed by atoms with E-state index >= 15 is 0 Å². The monoisotopic (exact) mass is 138 g/mol. The van der Waals surface area contributed by atoms with E-state index in [9.17, 15) is 5.11 Å². The molecular formula is C8H10O2. The van der Waals surface area contributed by atoms with Crippen molar-refractivity contribution >= 4 is 0 Å². The van der Waals surface area contributed by atoms with Gasteiger partial charge in [0.15, 0.2) is 0 Å². The largest absolute Gasteiger partial charge is 0.500 e. The van der Waals surface area contributed by atoms with Crippen molar-refractivity contribution in [3.63, 3.8) is 0 Å². The summed E-state index contributed by atoms with van der Waals surface area (Å²) in [4.78, 5) is 0. The first-order valence-corrected chi connectivity index (χ1v) is 3.54. The Kier molecular flexibility index (Phi) is 1.27. The number of ether oxygens (including phenoxy) is 1. The maximum atomic E-state index is 9.19. The fourth-order valence-corrected chi connectivity index (χ4v) is 1.42. The van der Waals surface area contributed by atoms with Crippen LogP contribution < -0.4 is 0 Å². The molecule has 0 spiro atoms. The van der Waals surface area contributed by atoms with Crippen LogP contribution in [0.15, 0.2) is 24.0 Å². The zero-order chi connectivity index (χ0) is 6.97. The van der Waals surface area contributed by atoms with Gasteiger partial charge < -0.3 is 9.84 Å². The molecule has 1 heterocycles. The van der Waals surface area contributed by atoms with Crippen molar-refractivity contribution in [3.8, 4) is 0 Å². The zero-order valence-electron chi connectivity index (χ0n) is 5.66. The molecule has 0 radical (unpaired) electrons. The molecule has 0 amide bonds. The zero-order valence-corrected chi connectivity index (χ0v) is 5.66. The second-order valence-corrected chi connectivity index (χ2v) is 2.81. The maximum Gasteiger partial charge on any atom is 0.0944 e. The summed E-state index contributed by atoms with van der Waals surface area (Å²) in [6.45, 7) is 0.747. The van der Waals surface area contributed by atoms with E-state index in [1.807, 2.05) is 12.2 Å². The third kappa shape index (κ3) is 0.847. The van der Waals surface area contributed by atoms with Crippen LogP contribution >= 0.6 is 0 Å². The fraction of sp³-hybridized carbons (Fsp3) is 0.500. The van der Waals surface area contributed by atoms with Gasteiger partial charge in [0.05, 0.1) is 19.0 Å². The number of allylic oxidation sites excluding steroid dienone is 1. The minimum Gasteiger partial charge on any atom is -0.500 e. The van der Waals surface area contributed by atoms with Gasteiger partial charge in [-0.2, -0.15) is 0 Å². The Hall–Kier alpha value is -0.760. The molecule has 0 aromatic carbocycles.